The Bertz CT molecular complexity index is 378. The molecule has 0 bridgehead atoms. The van der Waals surface area contributed by atoms with Gasteiger partial charge in [-0.05, 0) is 30.5 Å². The molecule has 1 atom stereocenters. The third-order valence-electron chi connectivity index (χ3n) is 3.77. The lowest BCUT2D eigenvalue weighted by molar-refractivity contribution is 0.110. The summed E-state index contributed by atoms with van der Waals surface area (Å²) in [5.41, 5.74) is 3.88. The van der Waals surface area contributed by atoms with Crippen molar-refractivity contribution in [2.75, 3.05) is 32.8 Å². The lowest BCUT2D eigenvalue weighted by atomic mass is 9.96. The van der Waals surface area contributed by atoms with E-state index in [-0.39, 0.29) is 25.1 Å². The van der Waals surface area contributed by atoms with E-state index in [9.17, 15) is 5.11 Å². The molecule has 0 spiro atoms. The summed E-state index contributed by atoms with van der Waals surface area (Å²) in [5, 5.41) is 13.0. The van der Waals surface area contributed by atoms with Crippen molar-refractivity contribution in [3.05, 3.63) is 34.9 Å². The summed E-state index contributed by atoms with van der Waals surface area (Å²) < 4.78 is 0. The number of piperazine rings is 1. The second-order valence-electron chi connectivity index (χ2n) is 4.77. The number of aliphatic hydroxyl groups excluding tert-OH is 1. The molecule has 2 N–H and O–H groups in total. The first-order valence-electron chi connectivity index (χ1n) is 6.35. The van der Waals surface area contributed by atoms with E-state index in [1.165, 1.54) is 16.7 Å². The van der Waals surface area contributed by atoms with E-state index in [1.807, 2.05) is 0 Å². The van der Waals surface area contributed by atoms with Crippen molar-refractivity contribution in [2.45, 2.75) is 19.9 Å². The van der Waals surface area contributed by atoms with Crippen LogP contribution < -0.4 is 5.32 Å². The van der Waals surface area contributed by atoms with Crippen LogP contribution in [0.5, 0.6) is 0 Å². The highest BCUT2D eigenvalue weighted by Gasteiger charge is 2.22. The highest BCUT2D eigenvalue weighted by atomic mass is 35.5. The van der Waals surface area contributed by atoms with Gasteiger partial charge in [-0.25, -0.2) is 0 Å². The third-order valence-corrected chi connectivity index (χ3v) is 3.77. The highest BCUT2D eigenvalue weighted by Crippen LogP contribution is 2.25. The van der Waals surface area contributed by atoms with Gasteiger partial charge in [0.1, 0.15) is 0 Å². The summed E-state index contributed by atoms with van der Waals surface area (Å²) in [6.45, 7) is 8.53. The summed E-state index contributed by atoms with van der Waals surface area (Å²) in [6, 6.07) is 6.51. The molecule has 1 aromatic carbocycles. The standard InChI is InChI=1S/C14H22N2O.ClH/c1-11-4-3-5-13(12(11)2)14(10-17)16-8-6-15-7-9-16;/h3-5,14-15,17H,6-10H2,1-2H3;1H/t14-;/m1./s1. The van der Waals surface area contributed by atoms with Crippen LogP contribution in [0.3, 0.4) is 0 Å². The van der Waals surface area contributed by atoms with Gasteiger partial charge in [0, 0.05) is 26.2 Å². The monoisotopic (exact) mass is 270 g/mol. The van der Waals surface area contributed by atoms with E-state index < -0.39 is 0 Å². The number of nitrogens with one attached hydrogen (secondary N) is 1. The number of hydrogen-bond acceptors (Lipinski definition) is 3. The number of hydrogen-bond donors (Lipinski definition) is 2. The molecule has 1 aliphatic rings. The van der Waals surface area contributed by atoms with Crippen LogP contribution in [0.15, 0.2) is 18.2 Å². The van der Waals surface area contributed by atoms with Crippen molar-refractivity contribution >= 4 is 12.4 Å². The summed E-state index contributed by atoms with van der Waals surface area (Å²) >= 11 is 0. The van der Waals surface area contributed by atoms with Gasteiger partial charge in [0.2, 0.25) is 0 Å². The van der Waals surface area contributed by atoms with Gasteiger partial charge in [0.05, 0.1) is 12.6 Å². The molecule has 102 valence electrons. The van der Waals surface area contributed by atoms with Gasteiger partial charge in [-0.2, -0.15) is 0 Å². The molecule has 2 rings (SSSR count). The van der Waals surface area contributed by atoms with E-state index in [1.54, 1.807) is 0 Å². The molecule has 0 saturated carbocycles. The number of halogens is 1. The fourth-order valence-electron chi connectivity index (χ4n) is 2.54. The molecule has 18 heavy (non-hydrogen) atoms. The average Bonchev–Trinajstić information content (AvgIpc) is 2.37. The Balaban J connectivity index is 0.00000162. The van der Waals surface area contributed by atoms with Crippen LogP contribution in [-0.2, 0) is 0 Å². The Morgan fingerprint density at radius 3 is 2.56 bits per heavy atom. The topological polar surface area (TPSA) is 35.5 Å². The average molecular weight is 271 g/mol. The van der Waals surface area contributed by atoms with Gasteiger partial charge in [0.15, 0.2) is 0 Å². The molecule has 3 nitrogen and oxygen atoms in total. The molecule has 4 heteroatoms. The molecular formula is C14H23ClN2O. The Morgan fingerprint density at radius 2 is 1.94 bits per heavy atom. The maximum atomic E-state index is 9.68. The Hall–Kier alpha value is -0.610. The summed E-state index contributed by atoms with van der Waals surface area (Å²) in [7, 11) is 0. The molecule has 0 aromatic heterocycles. The minimum Gasteiger partial charge on any atom is -0.394 e. The number of aliphatic hydroxyl groups is 1. The minimum atomic E-state index is 0. The zero-order valence-electron chi connectivity index (χ0n) is 11.1. The molecule has 0 unspecified atom stereocenters. The van der Waals surface area contributed by atoms with Gasteiger partial charge in [-0.1, -0.05) is 18.2 Å². The van der Waals surface area contributed by atoms with Crippen molar-refractivity contribution in [1.29, 1.82) is 0 Å². The second kappa shape index (κ2) is 7.10. The normalized spacial score (nSPS) is 18.2. The molecule has 1 aliphatic heterocycles. The molecular weight excluding hydrogens is 248 g/mol. The van der Waals surface area contributed by atoms with Crippen LogP contribution in [-0.4, -0.2) is 42.8 Å². The molecule has 1 saturated heterocycles. The van der Waals surface area contributed by atoms with Crippen molar-refractivity contribution in [2.24, 2.45) is 0 Å². The van der Waals surface area contributed by atoms with E-state index in [2.05, 4.69) is 42.3 Å². The molecule has 0 radical (unpaired) electrons. The van der Waals surface area contributed by atoms with Gasteiger partial charge in [-0.3, -0.25) is 4.90 Å². The quantitative estimate of drug-likeness (QED) is 0.877. The molecule has 1 fully saturated rings. The van der Waals surface area contributed by atoms with E-state index >= 15 is 0 Å². The zero-order chi connectivity index (χ0) is 12.3. The lowest BCUT2D eigenvalue weighted by Crippen LogP contribution is -2.46. The van der Waals surface area contributed by atoms with Gasteiger partial charge in [0.25, 0.3) is 0 Å². The molecule has 0 aliphatic carbocycles. The van der Waals surface area contributed by atoms with Crippen molar-refractivity contribution in [3.8, 4) is 0 Å². The van der Waals surface area contributed by atoms with Gasteiger partial charge < -0.3 is 10.4 Å². The number of nitrogens with zero attached hydrogens (tertiary/aromatic N) is 1. The predicted octanol–water partition coefficient (Wildman–Crippen LogP) is 1.66. The SMILES string of the molecule is Cc1cccc([C@@H](CO)N2CCNCC2)c1C.Cl. The minimum absolute atomic E-state index is 0. The van der Waals surface area contributed by atoms with Crippen molar-refractivity contribution in [1.82, 2.24) is 10.2 Å². The first-order chi connectivity index (χ1) is 8.24. The van der Waals surface area contributed by atoms with E-state index in [0.29, 0.717) is 0 Å². The smallest absolute Gasteiger partial charge is 0.0628 e. The third kappa shape index (κ3) is 3.23. The first-order valence-corrected chi connectivity index (χ1v) is 6.35. The van der Waals surface area contributed by atoms with E-state index in [0.717, 1.165) is 26.2 Å². The summed E-state index contributed by atoms with van der Waals surface area (Å²) in [4.78, 5) is 2.37. The first kappa shape index (κ1) is 15.4. The van der Waals surface area contributed by atoms with Crippen LogP contribution in [0, 0.1) is 13.8 Å². The molecule has 0 amide bonds. The van der Waals surface area contributed by atoms with Gasteiger partial charge >= 0.3 is 0 Å². The van der Waals surface area contributed by atoms with Crippen LogP contribution in [0.4, 0.5) is 0 Å². The molecule has 1 aromatic rings. The molecule has 1 heterocycles. The van der Waals surface area contributed by atoms with Crippen LogP contribution in [0.2, 0.25) is 0 Å². The largest absolute Gasteiger partial charge is 0.394 e. The maximum absolute atomic E-state index is 9.68. The highest BCUT2D eigenvalue weighted by molar-refractivity contribution is 5.85. The Kier molecular flexibility index (Phi) is 6.09. The maximum Gasteiger partial charge on any atom is 0.0628 e. The van der Waals surface area contributed by atoms with Crippen LogP contribution in [0.25, 0.3) is 0 Å². The van der Waals surface area contributed by atoms with Crippen molar-refractivity contribution < 1.29 is 5.11 Å². The van der Waals surface area contributed by atoms with Crippen molar-refractivity contribution in [3.63, 3.8) is 0 Å². The number of benzene rings is 1. The fourth-order valence-corrected chi connectivity index (χ4v) is 2.54. The number of rotatable bonds is 3. The van der Waals surface area contributed by atoms with Crippen LogP contribution >= 0.6 is 12.4 Å². The second-order valence-corrected chi connectivity index (χ2v) is 4.77. The summed E-state index contributed by atoms with van der Waals surface area (Å²) in [5.74, 6) is 0. The van der Waals surface area contributed by atoms with Gasteiger partial charge in [-0.15, -0.1) is 12.4 Å². The van der Waals surface area contributed by atoms with Crippen LogP contribution in [0.1, 0.15) is 22.7 Å². The predicted molar refractivity (Wildman–Crippen MR) is 77.4 cm³/mol. The zero-order valence-corrected chi connectivity index (χ0v) is 12.0. The Morgan fingerprint density at radius 1 is 1.28 bits per heavy atom. The number of aryl methyl sites for hydroxylation is 1. The summed E-state index contributed by atoms with van der Waals surface area (Å²) in [6.07, 6.45) is 0. The Labute approximate surface area is 116 Å². The lowest BCUT2D eigenvalue weighted by Gasteiger charge is -2.35. The fraction of sp³-hybridized carbons (Fsp3) is 0.571. The van der Waals surface area contributed by atoms with E-state index in [4.69, 9.17) is 0 Å².